The lowest BCUT2D eigenvalue weighted by Gasteiger charge is -2.26. The minimum absolute atomic E-state index is 0.119. The summed E-state index contributed by atoms with van der Waals surface area (Å²) in [4.78, 5) is 12.1. The number of carbonyl (C=O) groups is 1. The van der Waals surface area contributed by atoms with E-state index in [0.717, 1.165) is 25.7 Å². The van der Waals surface area contributed by atoms with Gasteiger partial charge in [0.1, 0.15) is 11.0 Å². The van der Waals surface area contributed by atoms with Crippen LogP contribution in [0.1, 0.15) is 36.0 Å². The Bertz CT molecular complexity index is 588. The molecule has 1 heterocycles. The van der Waals surface area contributed by atoms with E-state index in [1.165, 1.54) is 0 Å². The lowest BCUT2D eigenvalue weighted by molar-refractivity contribution is 0.0868. The van der Waals surface area contributed by atoms with E-state index < -0.39 is 0 Å². The molecule has 6 nitrogen and oxygen atoms in total. The first-order valence-electron chi connectivity index (χ1n) is 6.43. The van der Waals surface area contributed by atoms with Crippen molar-refractivity contribution >= 4 is 16.9 Å². The largest absolute Gasteiger partial charge is 0.393 e. The zero-order chi connectivity index (χ0) is 13.2. The van der Waals surface area contributed by atoms with Crippen molar-refractivity contribution in [3.63, 3.8) is 0 Å². The molecule has 1 aromatic heterocycles. The van der Waals surface area contributed by atoms with E-state index in [4.69, 9.17) is 0 Å². The summed E-state index contributed by atoms with van der Waals surface area (Å²) in [6.07, 6.45) is 2.92. The molecule has 3 rings (SSSR count). The van der Waals surface area contributed by atoms with Crippen molar-refractivity contribution in [3.05, 3.63) is 23.8 Å². The first-order chi connectivity index (χ1) is 9.22. The summed E-state index contributed by atoms with van der Waals surface area (Å²) in [7, 11) is 0. The Labute approximate surface area is 109 Å². The zero-order valence-corrected chi connectivity index (χ0v) is 10.4. The molecule has 0 bridgehead atoms. The van der Waals surface area contributed by atoms with Gasteiger partial charge in [0.25, 0.3) is 5.91 Å². The number of aliphatic hydroxyl groups is 1. The van der Waals surface area contributed by atoms with Crippen LogP contribution in [0.3, 0.4) is 0 Å². The molecule has 0 spiro atoms. The Balaban J connectivity index is 1.69. The van der Waals surface area contributed by atoms with E-state index in [9.17, 15) is 9.90 Å². The third-order valence-electron chi connectivity index (χ3n) is 3.55. The van der Waals surface area contributed by atoms with Crippen LogP contribution in [0.25, 0.3) is 11.0 Å². The van der Waals surface area contributed by atoms with Gasteiger partial charge in [-0.1, -0.05) is 0 Å². The number of benzene rings is 1. The van der Waals surface area contributed by atoms with Crippen molar-refractivity contribution in [1.82, 2.24) is 15.6 Å². The standard InChI is InChI=1S/C13H15N3O3/c17-10-4-2-9(3-5-10)14-13(18)8-1-6-11-12(7-8)16-19-15-11/h1,6-7,9-10,17H,2-5H2,(H,14,18). The summed E-state index contributed by atoms with van der Waals surface area (Å²) in [5.74, 6) is -0.119. The van der Waals surface area contributed by atoms with E-state index in [-0.39, 0.29) is 18.1 Å². The number of carbonyl (C=O) groups excluding carboxylic acids is 1. The number of aromatic nitrogens is 2. The normalized spacial score (nSPS) is 23.4. The van der Waals surface area contributed by atoms with Crippen LogP contribution in [-0.2, 0) is 0 Å². The third-order valence-corrected chi connectivity index (χ3v) is 3.55. The first kappa shape index (κ1) is 12.1. The molecule has 0 unspecified atom stereocenters. The van der Waals surface area contributed by atoms with Crippen LogP contribution in [0.5, 0.6) is 0 Å². The summed E-state index contributed by atoms with van der Waals surface area (Å²) in [5, 5.41) is 19.8. The van der Waals surface area contributed by atoms with Crippen molar-refractivity contribution in [2.24, 2.45) is 0 Å². The average molecular weight is 261 g/mol. The summed E-state index contributed by atoms with van der Waals surface area (Å²) in [5.41, 5.74) is 1.76. The quantitative estimate of drug-likeness (QED) is 0.849. The number of hydrogen-bond donors (Lipinski definition) is 2. The van der Waals surface area contributed by atoms with Gasteiger partial charge in [-0.3, -0.25) is 4.79 Å². The summed E-state index contributed by atoms with van der Waals surface area (Å²) < 4.78 is 4.60. The molecule has 19 heavy (non-hydrogen) atoms. The van der Waals surface area contributed by atoms with Crippen molar-refractivity contribution in [2.75, 3.05) is 0 Å². The molecule has 1 saturated carbocycles. The minimum atomic E-state index is -0.217. The second kappa shape index (κ2) is 4.97. The van der Waals surface area contributed by atoms with E-state index >= 15 is 0 Å². The van der Waals surface area contributed by atoms with Gasteiger partial charge in [0, 0.05) is 11.6 Å². The minimum Gasteiger partial charge on any atom is -0.393 e. The predicted octanol–water partition coefficient (Wildman–Crippen LogP) is 1.26. The van der Waals surface area contributed by atoms with Crippen molar-refractivity contribution < 1.29 is 14.5 Å². The monoisotopic (exact) mass is 261 g/mol. The number of nitrogens with one attached hydrogen (secondary N) is 1. The number of nitrogens with zero attached hydrogens (tertiary/aromatic N) is 2. The van der Waals surface area contributed by atoms with E-state index in [1.54, 1.807) is 18.2 Å². The fourth-order valence-electron chi connectivity index (χ4n) is 2.41. The maximum atomic E-state index is 12.1. The van der Waals surface area contributed by atoms with Crippen LogP contribution in [0.2, 0.25) is 0 Å². The maximum Gasteiger partial charge on any atom is 0.251 e. The van der Waals surface area contributed by atoms with Gasteiger partial charge in [-0.05, 0) is 54.2 Å². The molecule has 1 aromatic carbocycles. The second-order valence-electron chi connectivity index (χ2n) is 4.95. The molecular formula is C13H15N3O3. The molecular weight excluding hydrogens is 246 g/mol. The third kappa shape index (κ3) is 2.58. The molecule has 2 aromatic rings. The predicted molar refractivity (Wildman–Crippen MR) is 67.5 cm³/mol. The molecule has 0 aliphatic heterocycles. The van der Waals surface area contributed by atoms with Gasteiger partial charge in [0.2, 0.25) is 0 Å². The highest BCUT2D eigenvalue weighted by molar-refractivity contribution is 5.97. The molecule has 1 aliphatic rings. The molecule has 0 saturated heterocycles. The fraction of sp³-hybridized carbons (Fsp3) is 0.462. The topological polar surface area (TPSA) is 88.2 Å². The molecule has 1 fully saturated rings. The smallest absolute Gasteiger partial charge is 0.251 e. The second-order valence-corrected chi connectivity index (χ2v) is 4.95. The number of amides is 1. The lowest BCUT2D eigenvalue weighted by atomic mass is 9.93. The number of fused-ring (bicyclic) bond motifs is 1. The SMILES string of the molecule is O=C(NC1CCC(O)CC1)c1ccc2nonc2c1. The van der Waals surface area contributed by atoms with Gasteiger partial charge in [0.05, 0.1) is 6.10 Å². The van der Waals surface area contributed by atoms with Crippen molar-refractivity contribution in [1.29, 1.82) is 0 Å². The van der Waals surface area contributed by atoms with Crippen LogP contribution >= 0.6 is 0 Å². The van der Waals surface area contributed by atoms with Crippen LogP contribution in [0.4, 0.5) is 0 Å². The molecule has 0 radical (unpaired) electrons. The van der Waals surface area contributed by atoms with Gasteiger partial charge in [-0.2, -0.15) is 0 Å². The molecule has 1 amide bonds. The summed E-state index contributed by atoms with van der Waals surface area (Å²) in [6.45, 7) is 0. The molecule has 2 N–H and O–H groups in total. The Kier molecular flexibility index (Phi) is 3.16. The van der Waals surface area contributed by atoms with Crippen molar-refractivity contribution in [2.45, 2.75) is 37.8 Å². The number of aliphatic hydroxyl groups excluding tert-OH is 1. The summed E-state index contributed by atoms with van der Waals surface area (Å²) >= 11 is 0. The van der Waals surface area contributed by atoms with E-state index in [2.05, 4.69) is 20.3 Å². The zero-order valence-electron chi connectivity index (χ0n) is 10.4. The van der Waals surface area contributed by atoms with E-state index in [0.29, 0.717) is 16.6 Å². The number of hydrogen-bond acceptors (Lipinski definition) is 5. The summed E-state index contributed by atoms with van der Waals surface area (Å²) in [6, 6.07) is 5.23. The van der Waals surface area contributed by atoms with E-state index in [1.807, 2.05) is 0 Å². The van der Waals surface area contributed by atoms with Crippen LogP contribution < -0.4 is 5.32 Å². The Hall–Kier alpha value is -1.95. The van der Waals surface area contributed by atoms with Crippen LogP contribution in [0.15, 0.2) is 22.8 Å². The van der Waals surface area contributed by atoms with Crippen LogP contribution in [-0.4, -0.2) is 33.5 Å². The molecule has 100 valence electrons. The van der Waals surface area contributed by atoms with Crippen LogP contribution in [0, 0.1) is 0 Å². The van der Waals surface area contributed by atoms with Gasteiger partial charge in [-0.15, -0.1) is 0 Å². The highest BCUT2D eigenvalue weighted by atomic mass is 16.6. The highest BCUT2D eigenvalue weighted by Crippen LogP contribution is 2.19. The van der Waals surface area contributed by atoms with Gasteiger partial charge in [-0.25, -0.2) is 4.63 Å². The van der Waals surface area contributed by atoms with Gasteiger partial charge < -0.3 is 10.4 Å². The van der Waals surface area contributed by atoms with Gasteiger partial charge >= 0.3 is 0 Å². The van der Waals surface area contributed by atoms with Crippen molar-refractivity contribution in [3.8, 4) is 0 Å². The first-order valence-corrected chi connectivity index (χ1v) is 6.43. The molecule has 0 atom stereocenters. The Morgan fingerprint density at radius 3 is 2.74 bits per heavy atom. The lowest BCUT2D eigenvalue weighted by Crippen LogP contribution is -2.38. The highest BCUT2D eigenvalue weighted by Gasteiger charge is 2.21. The number of rotatable bonds is 2. The molecule has 1 aliphatic carbocycles. The maximum absolute atomic E-state index is 12.1. The Morgan fingerprint density at radius 2 is 1.95 bits per heavy atom. The average Bonchev–Trinajstić information content (AvgIpc) is 2.88. The fourth-order valence-corrected chi connectivity index (χ4v) is 2.41. The van der Waals surface area contributed by atoms with Gasteiger partial charge in [0.15, 0.2) is 0 Å². The molecule has 6 heteroatoms. The Morgan fingerprint density at radius 1 is 1.21 bits per heavy atom.